The molecule has 0 aliphatic heterocycles. The molecular weight excluding hydrogens is 112 g/mol. The quantitative estimate of drug-likeness (QED) is 0.595. The molecule has 2 unspecified atom stereocenters. The van der Waals surface area contributed by atoms with Crippen LogP contribution < -0.4 is 11.5 Å². The van der Waals surface area contributed by atoms with Crippen molar-refractivity contribution in [2.75, 3.05) is 0 Å². The van der Waals surface area contributed by atoms with Crippen LogP contribution in [0.1, 0.15) is 33.6 Å². The number of nitrogens with two attached hydrogens (primary N) is 2. The van der Waals surface area contributed by atoms with Gasteiger partial charge in [-0.15, -0.1) is 0 Å². The average Bonchev–Trinajstić information content (AvgIpc) is 1.65. The summed E-state index contributed by atoms with van der Waals surface area (Å²) in [6.45, 7) is 6.07. The van der Waals surface area contributed by atoms with Gasteiger partial charge in [-0.05, 0) is 20.3 Å². The zero-order valence-electron chi connectivity index (χ0n) is 6.65. The van der Waals surface area contributed by atoms with Gasteiger partial charge in [-0.1, -0.05) is 13.3 Å². The van der Waals surface area contributed by atoms with Crippen molar-refractivity contribution in [1.82, 2.24) is 0 Å². The van der Waals surface area contributed by atoms with Crippen molar-refractivity contribution in [3.8, 4) is 0 Å². The van der Waals surface area contributed by atoms with Crippen molar-refractivity contribution >= 4 is 0 Å². The normalized spacial score (nSPS) is 21.0. The van der Waals surface area contributed by atoms with Gasteiger partial charge in [-0.25, -0.2) is 0 Å². The molecule has 0 aromatic heterocycles. The summed E-state index contributed by atoms with van der Waals surface area (Å²) in [4.78, 5) is 0. The Morgan fingerprint density at radius 3 is 2.11 bits per heavy atom. The molecule has 0 aliphatic rings. The topological polar surface area (TPSA) is 52.0 Å². The second-order valence-electron chi connectivity index (χ2n) is 3.04. The summed E-state index contributed by atoms with van der Waals surface area (Å²) in [5.74, 6) is 0. The van der Waals surface area contributed by atoms with Crippen molar-refractivity contribution in [3.63, 3.8) is 0 Å². The molecule has 0 saturated heterocycles. The van der Waals surface area contributed by atoms with E-state index in [1.54, 1.807) is 0 Å². The van der Waals surface area contributed by atoms with E-state index in [-0.39, 0.29) is 11.6 Å². The van der Waals surface area contributed by atoms with Gasteiger partial charge in [-0.2, -0.15) is 0 Å². The zero-order chi connectivity index (χ0) is 7.49. The van der Waals surface area contributed by atoms with E-state index in [1.807, 2.05) is 13.8 Å². The molecule has 0 aromatic carbocycles. The Kier molecular flexibility index (Phi) is 3.15. The van der Waals surface area contributed by atoms with Crippen LogP contribution in [0.2, 0.25) is 0 Å². The monoisotopic (exact) mass is 130 g/mol. The first kappa shape index (κ1) is 8.92. The number of hydrogen-bond donors (Lipinski definition) is 2. The largest absolute Gasteiger partial charge is 0.326 e. The zero-order valence-corrected chi connectivity index (χ0v) is 6.65. The van der Waals surface area contributed by atoms with Crippen LogP contribution in [-0.2, 0) is 0 Å². The molecule has 0 amide bonds. The van der Waals surface area contributed by atoms with Gasteiger partial charge in [0.05, 0.1) is 0 Å². The minimum absolute atomic E-state index is 0.0949. The summed E-state index contributed by atoms with van der Waals surface area (Å²) >= 11 is 0. The average molecular weight is 130 g/mol. The highest BCUT2D eigenvalue weighted by Crippen LogP contribution is 2.10. The van der Waals surface area contributed by atoms with Gasteiger partial charge >= 0.3 is 0 Å². The van der Waals surface area contributed by atoms with Crippen molar-refractivity contribution in [2.45, 2.75) is 45.2 Å². The Labute approximate surface area is 57.6 Å². The summed E-state index contributed by atoms with van der Waals surface area (Å²) in [5, 5.41) is 0. The smallest absolute Gasteiger partial charge is 0.0276 e. The van der Waals surface area contributed by atoms with Crippen molar-refractivity contribution in [1.29, 1.82) is 0 Å². The molecule has 2 nitrogen and oxygen atoms in total. The fraction of sp³-hybridized carbons (Fsp3) is 1.00. The third-order valence-electron chi connectivity index (χ3n) is 1.83. The van der Waals surface area contributed by atoms with Crippen LogP contribution in [0.3, 0.4) is 0 Å². The Hall–Kier alpha value is -0.0800. The van der Waals surface area contributed by atoms with Crippen molar-refractivity contribution in [2.24, 2.45) is 11.5 Å². The fourth-order valence-corrected chi connectivity index (χ4v) is 0.766. The molecule has 0 rings (SSSR count). The summed E-state index contributed by atoms with van der Waals surface area (Å²) in [5.41, 5.74) is 11.3. The Morgan fingerprint density at radius 2 is 2.00 bits per heavy atom. The molecule has 56 valence electrons. The van der Waals surface area contributed by atoms with Gasteiger partial charge < -0.3 is 11.5 Å². The predicted octanol–water partition coefficient (Wildman–Crippen LogP) is 0.851. The summed E-state index contributed by atoms with van der Waals surface area (Å²) in [7, 11) is 0. The van der Waals surface area contributed by atoms with E-state index in [1.165, 1.54) is 0 Å². The summed E-state index contributed by atoms with van der Waals surface area (Å²) in [6, 6.07) is 0.0949. The highest BCUT2D eigenvalue weighted by molar-refractivity contribution is 4.86. The van der Waals surface area contributed by atoms with Crippen LogP contribution in [0.15, 0.2) is 0 Å². The predicted molar refractivity (Wildman–Crippen MR) is 41.1 cm³/mol. The fourth-order valence-electron chi connectivity index (χ4n) is 0.766. The maximum absolute atomic E-state index is 5.85. The molecule has 0 bridgehead atoms. The molecular formula is C7H18N2. The third-order valence-corrected chi connectivity index (χ3v) is 1.83. The van der Waals surface area contributed by atoms with E-state index in [0.717, 1.165) is 12.8 Å². The van der Waals surface area contributed by atoms with E-state index < -0.39 is 0 Å². The molecule has 2 heteroatoms. The van der Waals surface area contributed by atoms with Crippen LogP contribution in [0.4, 0.5) is 0 Å². The van der Waals surface area contributed by atoms with Gasteiger partial charge in [0.25, 0.3) is 0 Å². The second kappa shape index (κ2) is 3.18. The summed E-state index contributed by atoms with van der Waals surface area (Å²) < 4.78 is 0. The highest BCUT2D eigenvalue weighted by Gasteiger charge is 2.21. The van der Waals surface area contributed by atoms with Crippen LogP contribution >= 0.6 is 0 Å². The van der Waals surface area contributed by atoms with Gasteiger partial charge in [0.1, 0.15) is 0 Å². The Morgan fingerprint density at radius 1 is 1.56 bits per heavy atom. The lowest BCUT2D eigenvalue weighted by atomic mass is 9.90. The summed E-state index contributed by atoms with van der Waals surface area (Å²) in [6.07, 6.45) is 2.11. The van der Waals surface area contributed by atoms with E-state index in [2.05, 4.69) is 6.92 Å². The lowest BCUT2D eigenvalue weighted by molar-refractivity contribution is 0.364. The molecule has 9 heavy (non-hydrogen) atoms. The molecule has 4 N–H and O–H groups in total. The molecule has 0 spiro atoms. The minimum Gasteiger partial charge on any atom is -0.326 e. The Balaban J connectivity index is 3.70. The van der Waals surface area contributed by atoms with Gasteiger partial charge in [0, 0.05) is 11.6 Å². The maximum atomic E-state index is 5.85. The standard InChI is InChI=1S/C7H18N2/c1-4-5-7(3,9)6(2)8/h6H,4-5,8-9H2,1-3H3. The van der Waals surface area contributed by atoms with E-state index >= 15 is 0 Å². The molecule has 0 saturated carbocycles. The lowest BCUT2D eigenvalue weighted by Gasteiger charge is -2.28. The molecule has 0 fully saturated rings. The molecule has 0 heterocycles. The molecule has 0 aliphatic carbocycles. The first-order valence-electron chi connectivity index (χ1n) is 3.55. The SMILES string of the molecule is CCCC(C)(N)C(C)N. The van der Waals surface area contributed by atoms with Gasteiger partial charge in [0.2, 0.25) is 0 Å². The maximum Gasteiger partial charge on any atom is 0.0276 e. The van der Waals surface area contributed by atoms with E-state index in [0.29, 0.717) is 0 Å². The van der Waals surface area contributed by atoms with Crippen LogP contribution in [0.5, 0.6) is 0 Å². The minimum atomic E-state index is -0.172. The molecule has 0 aromatic rings. The first-order valence-corrected chi connectivity index (χ1v) is 3.55. The van der Waals surface area contributed by atoms with Crippen LogP contribution in [0.25, 0.3) is 0 Å². The third kappa shape index (κ3) is 2.82. The van der Waals surface area contributed by atoms with Crippen molar-refractivity contribution in [3.05, 3.63) is 0 Å². The van der Waals surface area contributed by atoms with E-state index in [4.69, 9.17) is 11.5 Å². The highest BCUT2D eigenvalue weighted by atomic mass is 14.8. The number of hydrogen-bond acceptors (Lipinski definition) is 2. The van der Waals surface area contributed by atoms with Crippen LogP contribution in [-0.4, -0.2) is 11.6 Å². The molecule has 2 atom stereocenters. The van der Waals surface area contributed by atoms with Crippen molar-refractivity contribution < 1.29 is 0 Å². The van der Waals surface area contributed by atoms with E-state index in [9.17, 15) is 0 Å². The lowest BCUT2D eigenvalue weighted by Crippen LogP contribution is -2.51. The van der Waals surface area contributed by atoms with Crippen LogP contribution in [0, 0.1) is 0 Å². The number of rotatable bonds is 3. The second-order valence-corrected chi connectivity index (χ2v) is 3.04. The first-order chi connectivity index (χ1) is 4.00. The Bertz CT molecular complexity index is 77.0. The van der Waals surface area contributed by atoms with Gasteiger partial charge in [0.15, 0.2) is 0 Å². The molecule has 0 radical (unpaired) electrons. The van der Waals surface area contributed by atoms with Gasteiger partial charge in [-0.3, -0.25) is 0 Å².